The summed E-state index contributed by atoms with van der Waals surface area (Å²) in [6, 6.07) is 1.39. The zero-order valence-electron chi connectivity index (χ0n) is 10.7. The summed E-state index contributed by atoms with van der Waals surface area (Å²) >= 11 is 0. The summed E-state index contributed by atoms with van der Waals surface area (Å²) in [6.07, 6.45) is 14.2. The van der Waals surface area contributed by atoms with Gasteiger partial charge in [-0.15, -0.1) is 0 Å². The molecule has 0 aliphatic heterocycles. The molecular formula is C14H27NO. The van der Waals surface area contributed by atoms with Crippen molar-refractivity contribution in [3.05, 3.63) is 0 Å². The molecule has 0 aromatic rings. The highest BCUT2D eigenvalue weighted by Gasteiger charge is 2.26. The predicted octanol–water partition coefficient (Wildman–Crippen LogP) is 3.26. The van der Waals surface area contributed by atoms with Gasteiger partial charge >= 0.3 is 0 Å². The van der Waals surface area contributed by atoms with E-state index in [0.29, 0.717) is 12.1 Å². The van der Waals surface area contributed by atoms with Gasteiger partial charge in [-0.3, -0.25) is 0 Å². The van der Waals surface area contributed by atoms with Crippen LogP contribution in [-0.4, -0.2) is 25.3 Å². The van der Waals surface area contributed by atoms with Crippen molar-refractivity contribution < 1.29 is 4.74 Å². The zero-order chi connectivity index (χ0) is 11.2. The van der Waals surface area contributed by atoms with Crippen LogP contribution in [0.3, 0.4) is 0 Å². The molecule has 0 unspecified atom stereocenters. The van der Waals surface area contributed by atoms with E-state index in [-0.39, 0.29) is 0 Å². The van der Waals surface area contributed by atoms with Gasteiger partial charge in [-0.25, -0.2) is 0 Å². The molecule has 0 aromatic carbocycles. The highest BCUT2D eigenvalue weighted by atomic mass is 16.5. The monoisotopic (exact) mass is 225 g/mol. The molecule has 0 aromatic heterocycles. The van der Waals surface area contributed by atoms with Crippen molar-refractivity contribution in [2.75, 3.05) is 7.11 Å². The van der Waals surface area contributed by atoms with Crippen LogP contribution in [0.5, 0.6) is 0 Å². The van der Waals surface area contributed by atoms with Crippen molar-refractivity contribution in [3.63, 3.8) is 0 Å². The van der Waals surface area contributed by atoms with E-state index < -0.39 is 0 Å². The fourth-order valence-electron chi connectivity index (χ4n) is 3.32. The quantitative estimate of drug-likeness (QED) is 0.744. The minimum absolute atomic E-state index is 0.469. The third-order valence-corrected chi connectivity index (χ3v) is 4.31. The van der Waals surface area contributed by atoms with Crippen LogP contribution in [0.25, 0.3) is 0 Å². The molecule has 2 fully saturated rings. The van der Waals surface area contributed by atoms with Crippen LogP contribution in [0, 0.1) is 0 Å². The Morgan fingerprint density at radius 1 is 0.812 bits per heavy atom. The first-order valence-electron chi connectivity index (χ1n) is 7.19. The lowest BCUT2D eigenvalue weighted by atomic mass is 9.91. The highest BCUT2D eigenvalue weighted by molar-refractivity contribution is 4.85. The van der Waals surface area contributed by atoms with Crippen LogP contribution in [0.15, 0.2) is 0 Å². The standard InChI is InChI=1S/C14H27NO/c1-16-14-11-7-6-10-13(14)15-12-8-4-2-3-5-9-12/h12-15H,2-11H2,1H3/t13-,14+/m1/s1. The average molecular weight is 225 g/mol. The second-order valence-corrected chi connectivity index (χ2v) is 5.52. The van der Waals surface area contributed by atoms with Gasteiger partial charge in [-0.2, -0.15) is 0 Å². The third kappa shape index (κ3) is 3.46. The summed E-state index contributed by atoms with van der Waals surface area (Å²) in [5.41, 5.74) is 0. The molecule has 2 atom stereocenters. The van der Waals surface area contributed by atoms with Gasteiger partial charge in [0, 0.05) is 19.2 Å². The molecule has 1 N–H and O–H groups in total. The maximum absolute atomic E-state index is 5.61. The maximum Gasteiger partial charge on any atom is 0.0724 e. The van der Waals surface area contributed by atoms with Crippen molar-refractivity contribution in [1.29, 1.82) is 0 Å². The Kier molecular flexibility index (Phi) is 5.11. The molecule has 16 heavy (non-hydrogen) atoms. The topological polar surface area (TPSA) is 21.3 Å². The number of rotatable bonds is 3. The summed E-state index contributed by atoms with van der Waals surface area (Å²) in [4.78, 5) is 0. The van der Waals surface area contributed by atoms with E-state index in [9.17, 15) is 0 Å². The van der Waals surface area contributed by atoms with E-state index in [1.807, 2.05) is 7.11 Å². The Bertz CT molecular complexity index is 187. The highest BCUT2D eigenvalue weighted by Crippen LogP contribution is 2.24. The van der Waals surface area contributed by atoms with Crippen molar-refractivity contribution in [2.24, 2.45) is 0 Å². The van der Waals surface area contributed by atoms with Gasteiger partial charge in [0.1, 0.15) is 0 Å². The number of ether oxygens (including phenoxy) is 1. The molecule has 2 nitrogen and oxygen atoms in total. The van der Waals surface area contributed by atoms with Crippen molar-refractivity contribution in [2.45, 2.75) is 82.4 Å². The second-order valence-electron chi connectivity index (χ2n) is 5.52. The normalized spacial score (nSPS) is 33.6. The van der Waals surface area contributed by atoms with E-state index >= 15 is 0 Å². The smallest absolute Gasteiger partial charge is 0.0724 e. The summed E-state index contributed by atoms with van der Waals surface area (Å²) in [6.45, 7) is 0. The van der Waals surface area contributed by atoms with Crippen molar-refractivity contribution >= 4 is 0 Å². The first-order chi connectivity index (χ1) is 7.90. The number of methoxy groups -OCH3 is 1. The van der Waals surface area contributed by atoms with E-state index in [4.69, 9.17) is 4.74 Å². The molecule has 0 spiro atoms. The molecule has 0 amide bonds. The van der Waals surface area contributed by atoms with E-state index in [0.717, 1.165) is 6.04 Å². The van der Waals surface area contributed by atoms with Gasteiger partial charge in [-0.05, 0) is 25.7 Å². The van der Waals surface area contributed by atoms with Crippen molar-refractivity contribution in [1.82, 2.24) is 5.32 Å². The zero-order valence-corrected chi connectivity index (χ0v) is 10.7. The van der Waals surface area contributed by atoms with Crippen LogP contribution in [0.4, 0.5) is 0 Å². The molecule has 0 saturated heterocycles. The summed E-state index contributed by atoms with van der Waals surface area (Å²) in [7, 11) is 1.87. The average Bonchev–Trinajstić information content (AvgIpc) is 2.58. The summed E-state index contributed by atoms with van der Waals surface area (Å²) < 4.78 is 5.61. The fourth-order valence-corrected chi connectivity index (χ4v) is 3.32. The Morgan fingerprint density at radius 3 is 2.12 bits per heavy atom. The molecule has 2 aliphatic rings. The van der Waals surface area contributed by atoms with E-state index in [1.54, 1.807) is 0 Å². The van der Waals surface area contributed by atoms with Crippen LogP contribution < -0.4 is 5.32 Å². The molecule has 0 heterocycles. The van der Waals surface area contributed by atoms with Gasteiger partial charge in [-0.1, -0.05) is 38.5 Å². The molecule has 2 saturated carbocycles. The Hall–Kier alpha value is -0.0800. The maximum atomic E-state index is 5.61. The predicted molar refractivity (Wildman–Crippen MR) is 67.7 cm³/mol. The Labute approximate surface area is 100 Å². The lowest BCUT2D eigenvalue weighted by Crippen LogP contribution is -2.47. The van der Waals surface area contributed by atoms with Crippen LogP contribution in [-0.2, 0) is 4.74 Å². The Balaban J connectivity index is 1.81. The molecule has 0 radical (unpaired) electrons. The number of hydrogen-bond acceptors (Lipinski definition) is 2. The van der Waals surface area contributed by atoms with Gasteiger partial charge in [0.05, 0.1) is 6.10 Å². The van der Waals surface area contributed by atoms with Crippen LogP contribution in [0.2, 0.25) is 0 Å². The molecular weight excluding hydrogens is 198 g/mol. The lowest BCUT2D eigenvalue weighted by molar-refractivity contribution is 0.0369. The first-order valence-corrected chi connectivity index (χ1v) is 7.19. The Morgan fingerprint density at radius 2 is 1.44 bits per heavy atom. The van der Waals surface area contributed by atoms with Crippen LogP contribution in [0.1, 0.15) is 64.2 Å². The van der Waals surface area contributed by atoms with Gasteiger partial charge in [0.15, 0.2) is 0 Å². The number of hydrogen-bond donors (Lipinski definition) is 1. The number of nitrogens with one attached hydrogen (secondary N) is 1. The molecule has 0 bridgehead atoms. The fraction of sp³-hybridized carbons (Fsp3) is 1.00. The van der Waals surface area contributed by atoms with Gasteiger partial charge in [0.2, 0.25) is 0 Å². The van der Waals surface area contributed by atoms with Crippen LogP contribution >= 0.6 is 0 Å². The second kappa shape index (κ2) is 6.61. The summed E-state index contributed by atoms with van der Waals surface area (Å²) in [5, 5.41) is 3.87. The van der Waals surface area contributed by atoms with E-state index in [1.165, 1.54) is 64.2 Å². The van der Waals surface area contributed by atoms with Gasteiger partial charge in [0.25, 0.3) is 0 Å². The molecule has 2 heteroatoms. The SMILES string of the molecule is CO[C@H]1CCCC[C@H]1NC1CCCCCC1. The van der Waals surface area contributed by atoms with Gasteiger partial charge < -0.3 is 10.1 Å². The molecule has 2 rings (SSSR count). The minimum atomic E-state index is 0.469. The molecule has 94 valence electrons. The summed E-state index contributed by atoms with van der Waals surface area (Å²) in [5.74, 6) is 0. The molecule has 2 aliphatic carbocycles. The third-order valence-electron chi connectivity index (χ3n) is 4.31. The first kappa shape index (κ1) is 12.4. The van der Waals surface area contributed by atoms with E-state index in [2.05, 4.69) is 5.32 Å². The lowest BCUT2D eigenvalue weighted by Gasteiger charge is -2.34. The largest absolute Gasteiger partial charge is 0.380 e. The van der Waals surface area contributed by atoms with Crippen molar-refractivity contribution in [3.8, 4) is 0 Å². The minimum Gasteiger partial charge on any atom is -0.380 e.